The lowest BCUT2D eigenvalue weighted by atomic mass is 9.74. The second-order valence-corrected chi connectivity index (χ2v) is 6.40. The third kappa shape index (κ3) is 2.93. The molecule has 3 aromatic heterocycles. The molecule has 0 atom stereocenters. The van der Waals surface area contributed by atoms with Crippen molar-refractivity contribution in [2.45, 2.75) is 24.9 Å². The molecular weight excluding hydrogens is 359 g/mol. The number of halogens is 3. The van der Waals surface area contributed by atoms with Crippen molar-refractivity contribution in [2.24, 2.45) is 5.92 Å². The van der Waals surface area contributed by atoms with Gasteiger partial charge in [-0.3, -0.25) is 9.36 Å². The van der Waals surface area contributed by atoms with Gasteiger partial charge in [0.05, 0.1) is 23.3 Å². The minimum absolute atomic E-state index is 0.120. The Labute approximate surface area is 150 Å². The van der Waals surface area contributed by atoms with Crippen LogP contribution in [0, 0.1) is 17.2 Å². The molecule has 136 valence electrons. The zero-order valence-corrected chi connectivity index (χ0v) is 13.8. The van der Waals surface area contributed by atoms with E-state index in [4.69, 9.17) is 5.26 Å². The topological polar surface area (TPSA) is 84.5 Å². The summed E-state index contributed by atoms with van der Waals surface area (Å²) in [5, 5.41) is 8.88. The Morgan fingerprint density at radius 2 is 1.96 bits per heavy atom. The van der Waals surface area contributed by atoms with Crippen molar-refractivity contribution in [3.05, 3.63) is 58.5 Å². The SMILES string of the molecule is N#Cc1ccc(-n2c(C3CC(C(F)(F)F)C3)nc3cccnc3c2=O)cn1. The Hall–Kier alpha value is -3.28. The number of rotatable bonds is 2. The highest BCUT2D eigenvalue weighted by Crippen LogP contribution is 2.49. The summed E-state index contributed by atoms with van der Waals surface area (Å²) in [6.07, 6.45) is -1.71. The molecule has 0 N–H and O–H groups in total. The van der Waals surface area contributed by atoms with Crippen molar-refractivity contribution in [3.63, 3.8) is 0 Å². The third-order valence-corrected chi connectivity index (χ3v) is 4.74. The van der Waals surface area contributed by atoms with Gasteiger partial charge in [-0.05, 0) is 37.1 Å². The van der Waals surface area contributed by atoms with Crippen LogP contribution in [0.3, 0.4) is 0 Å². The van der Waals surface area contributed by atoms with Crippen molar-refractivity contribution >= 4 is 11.0 Å². The molecule has 0 amide bonds. The molecule has 4 rings (SSSR count). The molecule has 3 aromatic rings. The summed E-state index contributed by atoms with van der Waals surface area (Å²) >= 11 is 0. The lowest BCUT2D eigenvalue weighted by Crippen LogP contribution is -2.37. The minimum Gasteiger partial charge on any atom is -0.266 e. The van der Waals surface area contributed by atoms with Crippen LogP contribution in [0.15, 0.2) is 41.5 Å². The van der Waals surface area contributed by atoms with Crippen molar-refractivity contribution < 1.29 is 13.2 Å². The smallest absolute Gasteiger partial charge is 0.266 e. The maximum atomic E-state index is 13.0. The number of aromatic nitrogens is 4. The monoisotopic (exact) mass is 371 g/mol. The van der Waals surface area contributed by atoms with Crippen LogP contribution in [0.25, 0.3) is 16.7 Å². The molecule has 0 saturated heterocycles. The van der Waals surface area contributed by atoms with E-state index in [2.05, 4.69) is 15.0 Å². The van der Waals surface area contributed by atoms with Crippen LogP contribution < -0.4 is 5.56 Å². The zero-order valence-electron chi connectivity index (χ0n) is 13.8. The second kappa shape index (κ2) is 6.16. The number of pyridine rings is 2. The van der Waals surface area contributed by atoms with E-state index in [-0.39, 0.29) is 29.9 Å². The number of nitrogens with zero attached hydrogens (tertiary/aromatic N) is 5. The number of fused-ring (bicyclic) bond motifs is 1. The van der Waals surface area contributed by atoms with Crippen LogP contribution in [0.4, 0.5) is 13.2 Å². The first kappa shape index (κ1) is 17.1. The predicted octanol–water partition coefficient (Wildman–Crippen LogP) is 3.10. The van der Waals surface area contributed by atoms with Gasteiger partial charge in [-0.2, -0.15) is 18.4 Å². The van der Waals surface area contributed by atoms with Gasteiger partial charge in [-0.25, -0.2) is 15.0 Å². The van der Waals surface area contributed by atoms with Crippen molar-refractivity contribution in [1.29, 1.82) is 5.26 Å². The molecule has 0 spiro atoms. The standard InChI is InChI=1S/C18H12F3N5O/c19-18(20,21)11-6-10(7-11)16-25-14-2-1-5-23-15(14)17(27)26(16)13-4-3-12(8-22)24-9-13/h1-5,9-11H,6-7H2. The summed E-state index contributed by atoms with van der Waals surface area (Å²) in [5.74, 6) is -1.63. The van der Waals surface area contributed by atoms with E-state index in [0.717, 1.165) is 0 Å². The molecule has 1 fully saturated rings. The highest BCUT2D eigenvalue weighted by molar-refractivity contribution is 5.73. The van der Waals surface area contributed by atoms with Crippen LogP contribution >= 0.6 is 0 Å². The van der Waals surface area contributed by atoms with E-state index < -0.39 is 23.6 Å². The molecule has 0 unspecified atom stereocenters. The van der Waals surface area contributed by atoms with Gasteiger partial charge in [0.1, 0.15) is 17.6 Å². The van der Waals surface area contributed by atoms with Crippen LogP contribution in [0.2, 0.25) is 0 Å². The Balaban J connectivity index is 1.86. The zero-order chi connectivity index (χ0) is 19.2. The molecule has 0 bridgehead atoms. The van der Waals surface area contributed by atoms with Crippen molar-refractivity contribution in [1.82, 2.24) is 19.5 Å². The molecule has 9 heteroatoms. The average molecular weight is 371 g/mol. The Morgan fingerprint density at radius 1 is 1.19 bits per heavy atom. The normalized spacial score (nSPS) is 19.5. The van der Waals surface area contributed by atoms with Gasteiger partial charge in [0.25, 0.3) is 5.56 Å². The van der Waals surface area contributed by atoms with Gasteiger partial charge < -0.3 is 0 Å². The Bertz CT molecular complexity index is 1110. The third-order valence-electron chi connectivity index (χ3n) is 4.74. The minimum atomic E-state index is -4.25. The van der Waals surface area contributed by atoms with Gasteiger partial charge in [0, 0.05) is 12.1 Å². The molecule has 3 heterocycles. The summed E-state index contributed by atoms with van der Waals surface area (Å²) in [6.45, 7) is 0. The number of nitriles is 1. The maximum absolute atomic E-state index is 13.0. The predicted molar refractivity (Wildman–Crippen MR) is 89.2 cm³/mol. The average Bonchev–Trinajstić information content (AvgIpc) is 2.60. The fourth-order valence-electron chi connectivity index (χ4n) is 3.24. The molecule has 6 nitrogen and oxygen atoms in total. The largest absolute Gasteiger partial charge is 0.391 e. The number of hydrogen-bond donors (Lipinski definition) is 0. The molecule has 1 aliphatic rings. The fraction of sp³-hybridized carbons (Fsp3) is 0.278. The van der Waals surface area contributed by atoms with Crippen LogP contribution in [0.1, 0.15) is 30.3 Å². The lowest BCUT2D eigenvalue weighted by molar-refractivity contribution is -0.198. The highest BCUT2D eigenvalue weighted by atomic mass is 19.4. The Kier molecular flexibility index (Phi) is 3.91. The molecule has 1 saturated carbocycles. The molecule has 1 aliphatic carbocycles. The maximum Gasteiger partial charge on any atom is 0.391 e. The van der Waals surface area contributed by atoms with Gasteiger partial charge >= 0.3 is 6.18 Å². The van der Waals surface area contributed by atoms with E-state index in [1.165, 1.54) is 29.1 Å². The summed E-state index contributed by atoms with van der Waals surface area (Å²) in [5.41, 5.74) is 0.492. The quantitative estimate of drug-likeness (QED) is 0.691. The van der Waals surface area contributed by atoms with Gasteiger partial charge in [0.15, 0.2) is 5.52 Å². The lowest BCUT2D eigenvalue weighted by Gasteiger charge is -2.36. The first-order valence-corrected chi connectivity index (χ1v) is 8.19. The molecular formula is C18H12F3N5O. The van der Waals surface area contributed by atoms with Gasteiger partial charge in [-0.1, -0.05) is 0 Å². The molecule has 0 aromatic carbocycles. The van der Waals surface area contributed by atoms with Gasteiger partial charge in [-0.15, -0.1) is 0 Å². The van der Waals surface area contributed by atoms with E-state index in [1.807, 2.05) is 6.07 Å². The number of hydrogen-bond acceptors (Lipinski definition) is 5. The summed E-state index contributed by atoms with van der Waals surface area (Å²) in [7, 11) is 0. The Morgan fingerprint density at radius 3 is 2.59 bits per heavy atom. The summed E-state index contributed by atoms with van der Waals surface area (Å²) < 4.78 is 39.9. The van der Waals surface area contributed by atoms with E-state index in [9.17, 15) is 18.0 Å². The molecule has 0 radical (unpaired) electrons. The van der Waals surface area contributed by atoms with Gasteiger partial charge in [0.2, 0.25) is 0 Å². The first-order valence-electron chi connectivity index (χ1n) is 8.19. The molecule has 27 heavy (non-hydrogen) atoms. The fourth-order valence-corrected chi connectivity index (χ4v) is 3.24. The summed E-state index contributed by atoms with van der Waals surface area (Å²) in [4.78, 5) is 25.4. The number of alkyl halides is 3. The van der Waals surface area contributed by atoms with Crippen LogP contribution in [-0.2, 0) is 0 Å². The van der Waals surface area contributed by atoms with Crippen molar-refractivity contribution in [3.8, 4) is 11.8 Å². The summed E-state index contributed by atoms with van der Waals surface area (Å²) in [6, 6.07) is 8.06. The van der Waals surface area contributed by atoms with E-state index in [1.54, 1.807) is 12.1 Å². The highest BCUT2D eigenvalue weighted by Gasteiger charge is 2.49. The van der Waals surface area contributed by atoms with E-state index in [0.29, 0.717) is 11.2 Å². The van der Waals surface area contributed by atoms with Crippen molar-refractivity contribution in [2.75, 3.05) is 0 Å². The van der Waals surface area contributed by atoms with Crippen LogP contribution in [-0.4, -0.2) is 25.7 Å². The van der Waals surface area contributed by atoms with E-state index >= 15 is 0 Å². The first-order chi connectivity index (χ1) is 12.9. The molecule has 0 aliphatic heterocycles. The second-order valence-electron chi connectivity index (χ2n) is 6.40. The van der Waals surface area contributed by atoms with Crippen LogP contribution in [0.5, 0.6) is 0 Å².